The monoisotopic (exact) mass is 373 g/mol. The molecule has 0 spiro atoms. The molecule has 2 N–H and O–H groups in total. The number of hydrogen-bond acceptors (Lipinski definition) is 4. The molecule has 0 saturated carbocycles. The minimum absolute atomic E-state index is 0.0756. The number of amides is 1. The van der Waals surface area contributed by atoms with E-state index in [-0.39, 0.29) is 5.91 Å². The van der Waals surface area contributed by atoms with E-state index in [1.165, 1.54) is 0 Å². The number of carbonyl (C=O) groups excluding carboxylic acids is 1. The summed E-state index contributed by atoms with van der Waals surface area (Å²) in [4.78, 5) is 14.7. The van der Waals surface area contributed by atoms with Crippen molar-refractivity contribution < 1.29 is 9.53 Å². The highest BCUT2D eigenvalue weighted by Crippen LogP contribution is 2.17. The van der Waals surface area contributed by atoms with Crippen molar-refractivity contribution in [3.8, 4) is 5.75 Å². The van der Waals surface area contributed by atoms with Crippen molar-refractivity contribution in [1.29, 1.82) is 0 Å². The normalized spacial score (nSPS) is 14.8. The van der Waals surface area contributed by atoms with Gasteiger partial charge in [0.05, 0.1) is 0 Å². The maximum absolute atomic E-state index is 12.3. The molecule has 138 valence electrons. The molecule has 1 aliphatic rings. The van der Waals surface area contributed by atoms with Crippen LogP contribution in [0.2, 0.25) is 5.02 Å². The van der Waals surface area contributed by atoms with Gasteiger partial charge in [-0.05, 0) is 35.9 Å². The minimum atomic E-state index is -0.0756. The number of carbonyl (C=O) groups is 1. The van der Waals surface area contributed by atoms with E-state index in [0.717, 1.165) is 38.3 Å². The molecule has 1 amide bonds. The van der Waals surface area contributed by atoms with Crippen LogP contribution in [0.1, 0.15) is 15.9 Å². The fourth-order valence-electron chi connectivity index (χ4n) is 2.88. The smallest absolute Gasteiger partial charge is 0.251 e. The molecule has 0 radical (unpaired) electrons. The first-order valence-electron chi connectivity index (χ1n) is 8.89. The summed E-state index contributed by atoms with van der Waals surface area (Å²) in [5.41, 5.74) is 1.59. The van der Waals surface area contributed by atoms with Gasteiger partial charge in [0.25, 0.3) is 5.91 Å². The predicted molar refractivity (Wildman–Crippen MR) is 104 cm³/mol. The molecule has 2 aromatic rings. The van der Waals surface area contributed by atoms with E-state index in [0.29, 0.717) is 29.5 Å². The fourth-order valence-corrected chi connectivity index (χ4v) is 3.10. The Morgan fingerprint density at radius 1 is 1.15 bits per heavy atom. The molecule has 0 aromatic heterocycles. The van der Waals surface area contributed by atoms with Gasteiger partial charge >= 0.3 is 0 Å². The topological polar surface area (TPSA) is 53.6 Å². The number of hydrogen-bond donors (Lipinski definition) is 2. The maximum Gasteiger partial charge on any atom is 0.251 e. The van der Waals surface area contributed by atoms with Crippen LogP contribution in [0.4, 0.5) is 0 Å². The number of piperazine rings is 1. The number of halogens is 1. The summed E-state index contributed by atoms with van der Waals surface area (Å²) in [6.07, 6.45) is 0. The first kappa shape index (κ1) is 18.7. The van der Waals surface area contributed by atoms with Gasteiger partial charge in [-0.25, -0.2) is 0 Å². The molecule has 1 aliphatic heterocycles. The van der Waals surface area contributed by atoms with Crippen molar-refractivity contribution in [3.63, 3.8) is 0 Å². The van der Waals surface area contributed by atoms with Crippen LogP contribution in [-0.2, 0) is 6.61 Å². The van der Waals surface area contributed by atoms with Crippen molar-refractivity contribution in [2.24, 2.45) is 0 Å². The summed E-state index contributed by atoms with van der Waals surface area (Å²) in [5, 5.41) is 6.99. The summed E-state index contributed by atoms with van der Waals surface area (Å²) in [5.74, 6) is 0.591. The van der Waals surface area contributed by atoms with Gasteiger partial charge in [-0.15, -0.1) is 0 Å². The Balaban J connectivity index is 1.48. The van der Waals surface area contributed by atoms with E-state index >= 15 is 0 Å². The Hall–Kier alpha value is -2.08. The molecule has 3 rings (SSSR count). The number of ether oxygens (including phenoxy) is 1. The number of nitrogens with zero attached hydrogens (tertiary/aromatic N) is 1. The molecule has 2 aromatic carbocycles. The lowest BCUT2D eigenvalue weighted by Gasteiger charge is -2.27. The lowest BCUT2D eigenvalue weighted by Crippen LogP contribution is -2.46. The van der Waals surface area contributed by atoms with Gasteiger partial charge in [-0.2, -0.15) is 0 Å². The van der Waals surface area contributed by atoms with Gasteiger partial charge in [-0.1, -0.05) is 29.8 Å². The largest absolute Gasteiger partial charge is 0.489 e. The number of rotatable bonds is 7. The van der Waals surface area contributed by atoms with Crippen molar-refractivity contribution >= 4 is 17.5 Å². The first-order chi connectivity index (χ1) is 12.7. The summed E-state index contributed by atoms with van der Waals surface area (Å²) in [6.45, 7) is 6.02. The minimum Gasteiger partial charge on any atom is -0.489 e. The van der Waals surface area contributed by atoms with Gasteiger partial charge in [0.2, 0.25) is 0 Å². The Bertz CT molecular complexity index is 733. The van der Waals surface area contributed by atoms with Crippen molar-refractivity contribution in [2.75, 3.05) is 39.3 Å². The second kappa shape index (κ2) is 9.57. The van der Waals surface area contributed by atoms with E-state index in [2.05, 4.69) is 15.5 Å². The maximum atomic E-state index is 12.3. The zero-order chi connectivity index (χ0) is 18.2. The Kier molecular flexibility index (Phi) is 6.89. The lowest BCUT2D eigenvalue weighted by atomic mass is 10.2. The van der Waals surface area contributed by atoms with E-state index in [9.17, 15) is 4.79 Å². The summed E-state index contributed by atoms with van der Waals surface area (Å²) in [6, 6.07) is 14.8. The number of nitrogens with one attached hydrogen (secondary N) is 2. The SMILES string of the molecule is O=C(NCCN1CCNCC1)c1cccc(OCc2cccc(Cl)c2)c1. The highest BCUT2D eigenvalue weighted by molar-refractivity contribution is 6.30. The standard InChI is InChI=1S/C20H24ClN3O2/c21-18-5-1-3-16(13-18)15-26-19-6-2-4-17(14-19)20(25)23-9-12-24-10-7-22-8-11-24/h1-6,13-14,22H,7-12,15H2,(H,23,25). The zero-order valence-corrected chi connectivity index (χ0v) is 15.5. The molecule has 1 fully saturated rings. The average molecular weight is 374 g/mol. The molecular formula is C20H24ClN3O2. The third kappa shape index (κ3) is 5.73. The van der Waals surface area contributed by atoms with Crippen LogP contribution in [0.5, 0.6) is 5.75 Å². The summed E-state index contributed by atoms with van der Waals surface area (Å²) >= 11 is 5.98. The lowest BCUT2D eigenvalue weighted by molar-refractivity contribution is 0.0947. The van der Waals surface area contributed by atoms with Gasteiger partial charge < -0.3 is 15.4 Å². The molecule has 0 aliphatic carbocycles. The van der Waals surface area contributed by atoms with Gasteiger partial charge in [0.15, 0.2) is 0 Å². The van der Waals surface area contributed by atoms with Crippen LogP contribution in [-0.4, -0.2) is 50.1 Å². The molecule has 0 unspecified atom stereocenters. The van der Waals surface area contributed by atoms with Gasteiger partial charge in [0, 0.05) is 49.9 Å². The molecule has 5 nitrogen and oxygen atoms in total. The molecule has 1 saturated heterocycles. The molecule has 1 heterocycles. The number of benzene rings is 2. The van der Waals surface area contributed by atoms with Crippen LogP contribution < -0.4 is 15.4 Å². The van der Waals surface area contributed by atoms with Crippen molar-refractivity contribution in [1.82, 2.24) is 15.5 Å². The van der Waals surface area contributed by atoms with Gasteiger partial charge in [-0.3, -0.25) is 9.69 Å². The molecule has 0 bridgehead atoms. The van der Waals surface area contributed by atoms with Gasteiger partial charge in [0.1, 0.15) is 12.4 Å². The van der Waals surface area contributed by atoms with Crippen molar-refractivity contribution in [2.45, 2.75) is 6.61 Å². The van der Waals surface area contributed by atoms with E-state index in [4.69, 9.17) is 16.3 Å². The van der Waals surface area contributed by atoms with E-state index in [1.54, 1.807) is 12.1 Å². The van der Waals surface area contributed by atoms with Crippen LogP contribution in [0.25, 0.3) is 0 Å². The molecule has 0 atom stereocenters. The Morgan fingerprint density at radius 3 is 2.77 bits per heavy atom. The highest BCUT2D eigenvalue weighted by atomic mass is 35.5. The Labute approximate surface area is 159 Å². The third-order valence-electron chi connectivity index (χ3n) is 4.31. The Morgan fingerprint density at radius 2 is 1.96 bits per heavy atom. The second-order valence-electron chi connectivity index (χ2n) is 6.29. The van der Waals surface area contributed by atoms with Crippen LogP contribution >= 0.6 is 11.6 Å². The fraction of sp³-hybridized carbons (Fsp3) is 0.350. The molecular weight excluding hydrogens is 350 g/mol. The van der Waals surface area contributed by atoms with E-state index in [1.807, 2.05) is 36.4 Å². The average Bonchev–Trinajstić information content (AvgIpc) is 2.67. The van der Waals surface area contributed by atoms with E-state index < -0.39 is 0 Å². The summed E-state index contributed by atoms with van der Waals surface area (Å²) in [7, 11) is 0. The quantitative estimate of drug-likeness (QED) is 0.783. The van der Waals surface area contributed by atoms with Crippen molar-refractivity contribution in [3.05, 3.63) is 64.7 Å². The summed E-state index contributed by atoms with van der Waals surface area (Å²) < 4.78 is 5.78. The first-order valence-corrected chi connectivity index (χ1v) is 9.27. The second-order valence-corrected chi connectivity index (χ2v) is 6.73. The molecule has 6 heteroatoms. The third-order valence-corrected chi connectivity index (χ3v) is 4.55. The van der Waals surface area contributed by atoms with Crippen LogP contribution in [0.3, 0.4) is 0 Å². The molecule has 26 heavy (non-hydrogen) atoms. The van der Waals surface area contributed by atoms with Crippen LogP contribution in [0.15, 0.2) is 48.5 Å². The van der Waals surface area contributed by atoms with Crippen LogP contribution in [0, 0.1) is 0 Å². The highest BCUT2D eigenvalue weighted by Gasteiger charge is 2.11. The predicted octanol–water partition coefficient (Wildman–Crippen LogP) is 2.55. The zero-order valence-electron chi connectivity index (χ0n) is 14.7.